The van der Waals surface area contributed by atoms with E-state index in [9.17, 15) is 0 Å². The maximum atomic E-state index is 5.67. The quantitative estimate of drug-likeness (QED) is 0.568. The lowest BCUT2D eigenvalue weighted by molar-refractivity contribution is 0.198. The van der Waals surface area contributed by atoms with Crippen molar-refractivity contribution >= 4 is 8.32 Å². The maximum Gasteiger partial charge on any atom is 0.196 e. The highest BCUT2D eigenvalue weighted by Crippen LogP contribution is 2.21. The van der Waals surface area contributed by atoms with Crippen LogP contribution in [0.15, 0.2) is 0 Å². The number of rotatable bonds is 8. The van der Waals surface area contributed by atoms with E-state index in [1.165, 1.54) is 0 Å². The molecular weight excluding hydrogens is 184 g/mol. The average molecular weight is 206 g/mol. The third-order valence-corrected chi connectivity index (χ3v) is 6.99. The number of hydrogen-bond donors (Lipinski definition) is 0. The molecular formula is C9H22O3Si. The summed E-state index contributed by atoms with van der Waals surface area (Å²) in [4.78, 5) is 0. The number of methoxy groups -OCH3 is 2. The minimum Gasteiger partial charge on any atom is -0.420 e. The van der Waals surface area contributed by atoms with E-state index in [1.54, 1.807) is 14.2 Å². The van der Waals surface area contributed by atoms with Crippen LogP contribution in [0.25, 0.3) is 0 Å². The van der Waals surface area contributed by atoms with Crippen molar-refractivity contribution < 1.29 is 13.9 Å². The Kier molecular flexibility index (Phi) is 7.55. The van der Waals surface area contributed by atoms with Crippen LogP contribution in [0.2, 0.25) is 18.1 Å². The Morgan fingerprint density at radius 2 is 1.38 bits per heavy atom. The summed E-state index contributed by atoms with van der Waals surface area (Å²) < 4.78 is 15.9. The molecule has 0 saturated heterocycles. The van der Waals surface area contributed by atoms with E-state index in [-0.39, 0.29) is 0 Å². The van der Waals surface area contributed by atoms with Gasteiger partial charge in [0.15, 0.2) is 8.32 Å². The fraction of sp³-hybridized carbons (Fsp3) is 1.00. The second-order valence-electron chi connectivity index (χ2n) is 3.23. The standard InChI is InChI=1S/C9H22O3Si/c1-5-13(12-4,8-6-10-2)9-7-11-3/h5-9H2,1-4H3. The first-order valence-electron chi connectivity index (χ1n) is 4.77. The van der Waals surface area contributed by atoms with Crippen LogP contribution >= 0.6 is 0 Å². The van der Waals surface area contributed by atoms with Gasteiger partial charge in [-0.2, -0.15) is 0 Å². The molecule has 0 saturated carbocycles. The van der Waals surface area contributed by atoms with Crippen molar-refractivity contribution in [2.45, 2.75) is 25.1 Å². The van der Waals surface area contributed by atoms with Gasteiger partial charge in [0.2, 0.25) is 0 Å². The monoisotopic (exact) mass is 206 g/mol. The summed E-state index contributed by atoms with van der Waals surface area (Å²) in [5.74, 6) is 0. The predicted molar refractivity (Wildman–Crippen MR) is 56.6 cm³/mol. The van der Waals surface area contributed by atoms with E-state index in [0.717, 1.165) is 31.3 Å². The van der Waals surface area contributed by atoms with E-state index in [4.69, 9.17) is 13.9 Å². The molecule has 0 radical (unpaired) electrons. The number of hydrogen-bond acceptors (Lipinski definition) is 3. The van der Waals surface area contributed by atoms with E-state index in [2.05, 4.69) is 6.92 Å². The SMILES string of the molecule is CC[Si](CCOC)(CCOC)OC. The van der Waals surface area contributed by atoms with Gasteiger partial charge in [-0.25, -0.2) is 0 Å². The zero-order chi connectivity index (χ0) is 10.2. The first-order chi connectivity index (χ1) is 6.24. The van der Waals surface area contributed by atoms with Crippen molar-refractivity contribution in [3.8, 4) is 0 Å². The fourth-order valence-electron chi connectivity index (χ4n) is 1.40. The summed E-state index contributed by atoms with van der Waals surface area (Å²) >= 11 is 0. The molecule has 0 fully saturated rings. The molecule has 0 aromatic heterocycles. The molecule has 0 rings (SSSR count). The summed E-state index contributed by atoms with van der Waals surface area (Å²) in [6.07, 6.45) is 0. The van der Waals surface area contributed by atoms with Gasteiger partial charge in [-0.3, -0.25) is 0 Å². The highest BCUT2D eigenvalue weighted by atomic mass is 28.4. The number of ether oxygens (including phenoxy) is 2. The molecule has 4 heteroatoms. The van der Waals surface area contributed by atoms with Gasteiger partial charge >= 0.3 is 0 Å². The zero-order valence-electron chi connectivity index (χ0n) is 9.26. The van der Waals surface area contributed by atoms with Crippen molar-refractivity contribution in [3.63, 3.8) is 0 Å². The van der Waals surface area contributed by atoms with Crippen molar-refractivity contribution in [3.05, 3.63) is 0 Å². The van der Waals surface area contributed by atoms with Crippen molar-refractivity contribution in [2.24, 2.45) is 0 Å². The van der Waals surface area contributed by atoms with Gasteiger partial charge in [-0.05, 0) is 18.1 Å². The first kappa shape index (κ1) is 13.1. The summed E-state index contributed by atoms with van der Waals surface area (Å²) in [5, 5.41) is 0. The van der Waals surface area contributed by atoms with Crippen molar-refractivity contribution in [1.29, 1.82) is 0 Å². The van der Waals surface area contributed by atoms with Crippen LogP contribution < -0.4 is 0 Å². The van der Waals surface area contributed by atoms with E-state index in [1.807, 2.05) is 7.11 Å². The highest BCUT2D eigenvalue weighted by Gasteiger charge is 2.30. The zero-order valence-corrected chi connectivity index (χ0v) is 10.3. The molecule has 0 N–H and O–H groups in total. The van der Waals surface area contributed by atoms with Crippen molar-refractivity contribution in [2.75, 3.05) is 34.5 Å². The maximum absolute atomic E-state index is 5.67. The fourth-order valence-corrected chi connectivity index (χ4v) is 4.21. The summed E-state index contributed by atoms with van der Waals surface area (Å²) in [6, 6.07) is 3.27. The predicted octanol–water partition coefficient (Wildman–Crippen LogP) is 1.89. The lowest BCUT2D eigenvalue weighted by Crippen LogP contribution is -2.38. The molecule has 0 aromatic carbocycles. The molecule has 0 bridgehead atoms. The van der Waals surface area contributed by atoms with Crippen LogP contribution in [-0.4, -0.2) is 42.9 Å². The molecule has 0 amide bonds. The van der Waals surface area contributed by atoms with Gasteiger partial charge in [0.25, 0.3) is 0 Å². The second-order valence-corrected chi connectivity index (χ2v) is 7.71. The molecule has 0 heterocycles. The van der Waals surface area contributed by atoms with Gasteiger partial charge in [-0.15, -0.1) is 0 Å². The van der Waals surface area contributed by atoms with Gasteiger partial charge in [-0.1, -0.05) is 6.92 Å². The third kappa shape index (κ3) is 4.76. The van der Waals surface area contributed by atoms with Crippen LogP contribution in [0, 0.1) is 0 Å². The van der Waals surface area contributed by atoms with Crippen LogP contribution in [0.5, 0.6) is 0 Å². The molecule has 0 spiro atoms. The molecule has 0 aromatic rings. The van der Waals surface area contributed by atoms with Gasteiger partial charge in [0, 0.05) is 34.5 Å². The highest BCUT2D eigenvalue weighted by molar-refractivity contribution is 6.73. The van der Waals surface area contributed by atoms with Crippen LogP contribution in [0.3, 0.4) is 0 Å². The normalized spacial score (nSPS) is 12.0. The van der Waals surface area contributed by atoms with E-state index >= 15 is 0 Å². The molecule has 0 aliphatic heterocycles. The first-order valence-corrected chi connectivity index (χ1v) is 7.30. The Morgan fingerprint density at radius 1 is 0.923 bits per heavy atom. The lowest BCUT2D eigenvalue weighted by Gasteiger charge is -2.27. The summed E-state index contributed by atoms with van der Waals surface area (Å²) in [7, 11) is 3.76. The minimum atomic E-state index is -1.54. The molecule has 0 atom stereocenters. The Hall–Kier alpha value is 0.0969. The minimum absolute atomic E-state index is 0.803. The van der Waals surface area contributed by atoms with E-state index < -0.39 is 8.32 Å². The molecule has 80 valence electrons. The molecule has 0 aliphatic carbocycles. The van der Waals surface area contributed by atoms with Gasteiger partial charge in [0.1, 0.15) is 0 Å². The average Bonchev–Trinajstić information content (AvgIpc) is 2.20. The Labute approximate surface area is 82.5 Å². The lowest BCUT2D eigenvalue weighted by atomic mass is 10.8. The summed E-state index contributed by atoms with van der Waals surface area (Å²) in [6.45, 7) is 3.80. The molecule has 3 nitrogen and oxygen atoms in total. The van der Waals surface area contributed by atoms with Crippen molar-refractivity contribution in [1.82, 2.24) is 0 Å². The topological polar surface area (TPSA) is 27.7 Å². The Balaban J connectivity index is 3.97. The summed E-state index contributed by atoms with van der Waals surface area (Å²) in [5.41, 5.74) is 0. The smallest absolute Gasteiger partial charge is 0.196 e. The molecule has 13 heavy (non-hydrogen) atoms. The second kappa shape index (κ2) is 7.50. The third-order valence-electron chi connectivity index (χ3n) is 2.60. The molecule has 0 aliphatic rings. The van der Waals surface area contributed by atoms with Crippen LogP contribution in [0.1, 0.15) is 6.92 Å². The van der Waals surface area contributed by atoms with Gasteiger partial charge in [0.05, 0.1) is 0 Å². The van der Waals surface area contributed by atoms with Crippen LogP contribution in [-0.2, 0) is 13.9 Å². The Bertz CT molecular complexity index is 105. The molecule has 0 unspecified atom stereocenters. The largest absolute Gasteiger partial charge is 0.420 e. The Morgan fingerprint density at radius 3 is 1.62 bits per heavy atom. The van der Waals surface area contributed by atoms with Crippen LogP contribution in [0.4, 0.5) is 0 Å². The van der Waals surface area contributed by atoms with Gasteiger partial charge < -0.3 is 13.9 Å². The van der Waals surface area contributed by atoms with E-state index in [0.29, 0.717) is 0 Å².